The van der Waals surface area contributed by atoms with E-state index in [0.29, 0.717) is 5.92 Å². The van der Waals surface area contributed by atoms with Crippen molar-refractivity contribution in [2.24, 2.45) is 11.8 Å². The van der Waals surface area contributed by atoms with Crippen LogP contribution in [0.1, 0.15) is 27.2 Å². The maximum absolute atomic E-state index is 11.1. The van der Waals surface area contributed by atoms with Gasteiger partial charge in [0.15, 0.2) is 0 Å². The Kier molecular flexibility index (Phi) is 6.54. The van der Waals surface area contributed by atoms with E-state index in [1.165, 1.54) is 13.5 Å². The molecule has 84 valence electrons. The maximum atomic E-state index is 11.1. The van der Waals surface area contributed by atoms with E-state index >= 15 is 0 Å². The topological polar surface area (TPSA) is 29.5 Å². The van der Waals surface area contributed by atoms with Crippen LogP contribution in [0.2, 0.25) is 0 Å². The molecule has 0 aromatic heterocycles. The lowest BCUT2D eigenvalue weighted by Gasteiger charge is -2.20. The molecule has 0 bridgehead atoms. The summed E-state index contributed by atoms with van der Waals surface area (Å²) >= 11 is 0. The summed E-state index contributed by atoms with van der Waals surface area (Å²) in [7, 11) is 3.48. The fourth-order valence-electron chi connectivity index (χ4n) is 1.31. The number of hydrogen-bond donors (Lipinski definition) is 0. The molecule has 0 aliphatic heterocycles. The van der Waals surface area contributed by atoms with E-state index in [1.54, 1.807) is 0 Å². The molecule has 0 radical (unpaired) electrons. The molecular formula is C11H23NO2. The van der Waals surface area contributed by atoms with Gasteiger partial charge in [-0.25, -0.2) is 0 Å². The minimum absolute atomic E-state index is 0.0304. The zero-order valence-electron chi connectivity index (χ0n) is 10.0. The lowest BCUT2D eigenvalue weighted by atomic mass is 10.1. The molecular weight excluding hydrogens is 178 g/mol. The average Bonchev–Trinajstić information content (AvgIpc) is 2.13. The Morgan fingerprint density at radius 2 is 1.93 bits per heavy atom. The van der Waals surface area contributed by atoms with Crippen LogP contribution < -0.4 is 0 Å². The highest BCUT2D eigenvalue weighted by atomic mass is 16.5. The lowest BCUT2D eigenvalue weighted by Crippen LogP contribution is -2.30. The van der Waals surface area contributed by atoms with Gasteiger partial charge in [0.1, 0.15) is 0 Å². The van der Waals surface area contributed by atoms with Crippen molar-refractivity contribution < 1.29 is 9.53 Å². The van der Waals surface area contributed by atoms with Crippen molar-refractivity contribution in [3.63, 3.8) is 0 Å². The number of ether oxygens (including phenoxy) is 1. The van der Waals surface area contributed by atoms with Crippen molar-refractivity contribution in [1.82, 2.24) is 4.90 Å². The Morgan fingerprint density at radius 3 is 2.36 bits per heavy atom. The highest BCUT2D eigenvalue weighted by Crippen LogP contribution is 2.04. The second-order valence-corrected chi connectivity index (χ2v) is 4.37. The Bertz CT molecular complexity index is 169. The van der Waals surface area contributed by atoms with E-state index in [-0.39, 0.29) is 11.9 Å². The lowest BCUT2D eigenvalue weighted by molar-refractivity contribution is -0.145. The minimum atomic E-state index is -0.124. The molecule has 0 rings (SSSR count). The summed E-state index contributed by atoms with van der Waals surface area (Å²) in [6, 6.07) is 0. The van der Waals surface area contributed by atoms with E-state index in [1.807, 2.05) is 14.0 Å². The highest BCUT2D eigenvalue weighted by molar-refractivity contribution is 5.71. The number of carbonyl (C=O) groups excluding carboxylic acids is 1. The van der Waals surface area contributed by atoms with Gasteiger partial charge >= 0.3 is 5.97 Å². The number of carbonyl (C=O) groups is 1. The molecule has 3 heteroatoms. The number of hydrogen-bond acceptors (Lipinski definition) is 3. The van der Waals surface area contributed by atoms with E-state index < -0.39 is 0 Å². The molecule has 0 aliphatic carbocycles. The predicted octanol–water partition coefficient (Wildman–Crippen LogP) is 1.77. The van der Waals surface area contributed by atoms with Crippen molar-refractivity contribution in [2.45, 2.75) is 27.2 Å². The summed E-state index contributed by atoms with van der Waals surface area (Å²) in [5.41, 5.74) is 0. The molecule has 0 spiro atoms. The van der Waals surface area contributed by atoms with Gasteiger partial charge in [0, 0.05) is 6.54 Å². The molecule has 0 N–H and O–H groups in total. The first kappa shape index (κ1) is 13.4. The largest absolute Gasteiger partial charge is 0.469 e. The van der Waals surface area contributed by atoms with Crippen molar-refractivity contribution >= 4 is 5.97 Å². The fraction of sp³-hybridized carbons (Fsp3) is 0.909. The van der Waals surface area contributed by atoms with Crippen LogP contribution >= 0.6 is 0 Å². The van der Waals surface area contributed by atoms with Gasteiger partial charge in [0.25, 0.3) is 0 Å². The Labute approximate surface area is 87.4 Å². The van der Waals surface area contributed by atoms with Gasteiger partial charge in [0.2, 0.25) is 0 Å². The van der Waals surface area contributed by atoms with E-state index in [4.69, 9.17) is 0 Å². The molecule has 0 aromatic carbocycles. The van der Waals surface area contributed by atoms with Crippen LogP contribution in [0.25, 0.3) is 0 Å². The van der Waals surface area contributed by atoms with E-state index in [9.17, 15) is 4.79 Å². The summed E-state index contributed by atoms with van der Waals surface area (Å²) in [4.78, 5) is 13.3. The third-order valence-electron chi connectivity index (χ3n) is 2.28. The first-order valence-electron chi connectivity index (χ1n) is 5.23. The summed E-state index contributed by atoms with van der Waals surface area (Å²) in [5, 5.41) is 0. The molecule has 0 saturated heterocycles. The normalized spacial score (nSPS) is 13.4. The van der Waals surface area contributed by atoms with Gasteiger partial charge in [-0.2, -0.15) is 0 Å². The van der Waals surface area contributed by atoms with Crippen LogP contribution in [0, 0.1) is 11.8 Å². The van der Waals surface area contributed by atoms with Crippen LogP contribution in [-0.4, -0.2) is 38.1 Å². The van der Waals surface area contributed by atoms with Gasteiger partial charge in [-0.3, -0.25) is 4.79 Å². The highest BCUT2D eigenvalue weighted by Gasteiger charge is 2.15. The van der Waals surface area contributed by atoms with Gasteiger partial charge < -0.3 is 9.64 Å². The number of nitrogens with zero attached hydrogens (tertiary/aromatic N) is 1. The van der Waals surface area contributed by atoms with Crippen LogP contribution in [0.4, 0.5) is 0 Å². The molecule has 1 atom stereocenters. The van der Waals surface area contributed by atoms with Gasteiger partial charge in [0.05, 0.1) is 13.0 Å². The van der Waals surface area contributed by atoms with E-state index in [0.717, 1.165) is 13.1 Å². The Hall–Kier alpha value is -0.570. The summed E-state index contributed by atoms with van der Waals surface area (Å²) in [5.74, 6) is 0.560. The first-order valence-corrected chi connectivity index (χ1v) is 5.23. The maximum Gasteiger partial charge on any atom is 0.309 e. The Morgan fingerprint density at radius 1 is 1.36 bits per heavy atom. The fourth-order valence-corrected chi connectivity index (χ4v) is 1.31. The quantitative estimate of drug-likeness (QED) is 0.613. The Balaban J connectivity index is 3.70. The summed E-state index contributed by atoms with van der Waals surface area (Å²) in [6.45, 7) is 8.13. The van der Waals surface area contributed by atoms with Crippen LogP contribution in [-0.2, 0) is 9.53 Å². The van der Waals surface area contributed by atoms with Crippen molar-refractivity contribution in [3.8, 4) is 0 Å². The number of methoxy groups -OCH3 is 1. The standard InChI is InChI=1S/C11H23NO2/c1-9(2)6-7-12(4)8-10(3)11(13)14-5/h9-10H,6-8H2,1-5H3. The molecule has 0 amide bonds. The zero-order valence-corrected chi connectivity index (χ0v) is 10.0. The monoisotopic (exact) mass is 201 g/mol. The van der Waals surface area contributed by atoms with Gasteiger partial charge in [-0.05, 0) is 25.9 Å². The SMILES string of the molecule is COC(=O)C(C)CN(C)CCC(C)C. The molecule has 0 aliphatic rings. The van der Waals surface area contributed by atoms with Crippen molar-refractivity contribution in [1.29, 1.82) is 0 Å². The predicted molar refractivity (Wildman–Crippen MR) is 58.1 cm³/mol. The molecule has 0 fully saturated rings. The van der Waals surface area contributed by atoms with Crippen LogP contribution in [0.15, 0.2) is 0 Å². The molecule has 0 aromatic rings. The second kappa shape index (κ2) is 6.82. The van der Waals surface area contributed by atoms with Crippen molar-refractivity contribution in [3.05, 3.63) is 0 Å². The second-order valence-electron chi connectivity index (χ2n) is 4.37. The third-order valence-corrected chi connectivity index (χ3v) is 2.28. The van der Waals surface area contributed by atoms with E-state index in [2.05, 4.69) is 23.5 Å². The summed E-state index contributed by atoms with van der Waals surface area (Å²) in [6.07, 6.45) is 1.17. The van der Waals surface area contributed by atoms with Crippen molar-refractivity contribution in [2.75, 3.05) is 27.2 Å². The number of rotatable bonds is 6. The summed E-state index contributed by atoms with van der Waals surface area (Å²) < 4.78 is 4.67. The molecule has 1 unspecified atom stereocenters. The smallest absolute Gasteiger partial charge is 0.309 e. The zero-order chi connectivity index (χ0) is 11.1. The van der Waals surface area contributed by atoms with Crippen LogP contribution in [0.5, 0.6) is 0 Å². The molecule has 0 heterocycles. The third kappa shape index (κ3) is 5.97. The molecule has 3 nitrogen and oxygen atoms in total. The average molecular weight is 201 g/mol. The first-order chi connectivity index (χ1) is 6.47. The van der Waals surface area contributed by atoms with Crippen LogP contribution in [0.3, 0.4) is 0 Å². The van der Waals surface area contributed by atoms with Gasteiger partial charge in [-0.15, -0.1) is 0 Å². The minimum Gasteiger partial charge on any atom is -0.469 e. The molecule has 14 heavy (non-hydrogen) atoms. The van der Waals surface area contributed by atoms with Gasteiger partial charge in [-0.1, -0.05) is 20.8 Å². The molecule has 0 saturated carbocycles. The number of esters is 1.